The molecule has 1 unspecified atom stereocenters. The van der Waals surface area contributed by atoms with Crippen LogP contribution in [0.1, 0.15) is 32.8 Å². The third-order valence-electron chi connectivity index (χ3n) is 3.37. The molecule has 1 N–H and O–H groups in total. The van der Waals surface area contributed by atoms with Gasteiger partial charge >= 0.3 is 0 Å². The second-order valence-corrected chi connectivity index (χ2v) is 6.14. The first kappa shape index (κ1) is 12.1. The van der Waals surface area contributed by atoms with Gasteiger partial charge in [-0.3, -0.25) is 4.90 Å². The summed E-state index contributed by atoms with van der Waals surface area (Å²) in [5.41, 5.74) is 1.71. The Morgan fingerprint density at radius 1 is 1.56 bits per heavy atom. The number of nitrogens with one attached hydrogen (secondary N) is 1. The molecule has 1 aromatic heterocycles. The third-order valence-corrected chi connectivity index (χ3v) is 4.10. The summed E-state index contributed by atoms with van der Waals surface area (Å²) in [5.74, 6) is 0. The zero-order valence-corrected chi connectivity index (χ0v) is 11.3. The Kier molecular flexibility index (Phi) is 3.67. The Morgan fingerprint density at radius 2 is 2.38 bits per heavy atom. The van der Waals surface area contributed by atoms with Crippen molar-refractivity contribution in [3.8, 4) is 0 Å². The zero-order valence-electron chi connectivity index (χ0n) is 10.5. The fourth-order valence-electron chi connectivity index (χ4n) is 2.42. The van der Waals surface area contributed by atoms with Crippen LogP contribution in [0.5, 0.6) is 0 Å². The van der Waals surface area contributed by atoms with Crippen LogP contribution in [0, 0.1) is 0 Å². The predicted molar refractivity (Wildman–Crippen MR) is 70.9 cm³/mol. The van der Waals surface area contributed by atoms with Gasteiger partial charge in [-0.15, -0.1) is 0 Å². The normalized spacial score (nSPS) is 25.8. The summed E-state index contributed by atoms with van der Waals surface area (Å²) in [7, 11) is 0. The Bertz CT molecular complexity index is 319. The lowest BCUT2D eigenvalue weighted by Crippen LogP contribution is -2.60. The van der Waals surface area contributed by atoms with E-state index in [0.29, 0.717) is 6.04 Å². The summed E-state index contributed by atoms with van der Waals surface area (Å²) in [6, 6.07) is 2.93. The fourth-order valence-corrected chi connectivity index (χ4v) is 3.08. The molecule has 1 saturated heterocycles. The van der Waals surface area contributed by atoms with Crippen LogP contribution in [0.15, 0.2) is 16.8 Å². The van der Waals surface area contributed by atoms with Gasteiger partial charge in [-0.1, -0.05) is 6.92 Å². The van der Waals surface area contributed by atoms with Gasteiger partial charge in [0.1, 0.15) is 0 Å². The van der Waals surface area contributed by atoms with Crippen molar-refractivity contribution in [1.82, 2.24) is 10.2 Å². The van der Waals surface area contributed by atoms with Crippen molar-refractivity contribution in [2.45, 2.75) is 45.3 Å². The molecule has 2 nitrogen and oxygen atoms in total. The number of piperazine rings is 1. The molecule has 2 rings (SSSR count). The molecule has 0 saturated carbocycles. The van der Waals surface area contributed by atoms with E-state index in [-0.39, 0.29) is 5.54 Å². The Balaban J connectivity index is 2.03. The molecular weight excluding hydrogens is 216 g/mol. The van der Waals surface area contributed by atoms with Gasteiger partial charge in [-0.25, -0.2) is 0 Å². The van der Waals surface area contributed by atoms with E-state index >= 15 is 0 Å². The Hall–Kier alpha value is -0.380. The van der Waals surface area contributed by atoms with Crippen molar-refractivity contribution in [1.29, 1.82) is 0 Å². The van der Waals surface area contributed by atoms with Crippen LogP contribution in [0.3, 0.4) is 0 Å². The first-order valence-corrected chi connectivity index (χ1v) is 7.05. The van der Waals surface area contributed by atoms with Gasteiger partial charge in [0.15, 0.2) is 0 Å². The first-order chi connectivity index (χ1) is 7.61. The van der Waals surface area contributed by atoms with Crippen LogP contribution < -0.4 is 5.32 Å². The summed E-state index contributed by atoms with van der Waals surface area (Å²) in [6.45, 7) is 10.2. The van der Waals surface area contributed by atoms with Crippen molar-refractivity contribution in [2.75, 3.05) is 13.1 Å². The van der Waals surface area contributed by atoms with E-state index in [1.165, 1.54) is 12.0 Å². The quantitative estimate of drug-likeness (QED) is 0.871. The molecule has 0 amide bonds. The standard InChI is InChI=1S/C13H22N2S/c1-4-12-7-14-13(2,3)10-15(12)8-11-5-6-16-9-11/h5-6,9,12,14H,4,7-8,10H2,1-3H3. The maximum atomic E-state index is 3.63. The van der Waals surface area contributed by atoms with E-state index in [1.54, 1.807) is 11.3 Å². The molecule has 0 spiro atoms. The topological polar surface area (TPSA) is 15.3 Å². The second kappa shape index (κ2) is 4.86. The van der Waals surface area contributed by atoms with Crippen LogP contribution in [-0.4, -0.2) is 29.6 Å². The maximum Gasteiger partial charge on any atom is 0.0253 e. The van der Waals surface area contributed by atoms with Crippen LogP contribution in [0.4, 0.5) is 0 Å². The van der Waals surface area contributed by atoms with Crippen LogP contribution in [0.2, 0.25) is 0 Å². The van der Waals surface area contributed by atoms with Gasteiger partial charge < -0.3 is 5.32 Å². The molecule has 0 aliphatic carbocycles. The van der Waals surface area contributed by atoms with Crippen LogP contribution in [0.25, 0.3) is 0 Å². The van der Waals surface area contributed by atoms with Crippen molar-refractivity contribution in [3.63, 3.8) is 0 Å². The van der Waals surface area contributed by atoms with Gasteiger partial charge in [0.2, 0.25) is 0 Å². The molecule has 0 radical (unpaired) electrons. The summed E-state index contributed by atoms with van der Waals surface area (Å²) in [4.78, 5) is 2.62. The molecule has 0 aromatic carbocycles. The highest BCUT2D eigenvalue weighted by Gasteiger charge is 2.31. The highest BCUT2D eigenvalue weighted by atomic mass is 32.1. The minimum atomic E-state index is 0.252. The molecule has 1 aromatic rings. The number of rotatable bonds is 3. The molecule has 2 heterocycles. The largest absolute Gasteiger partial charge is 0.309 e. The summed E-state index contributed by atoms with van der Waals surface area (Å²) < 4.78 is 0. The maximum absolute atomic E-state index is 3.63. The fraction of sp³-hybridized carbons (Fsp3) is 0.692. The lowest BCUT2D eigenvalue weighted by molar-refractivity contribution is 0.0860. The van der Waals surface area contributed by atoms with E-state index in [4.69, 9.17) is 0 Å². The molecule has 1 atom stereocenters. The summed E-state index contributed by atoms with van der Waals surface area (Å²) in [5, 5.41) is 8.07. The van der Waals surface area contributed by atoms with E-state index in [2.05, 4.69) is 47.8 Å². The average Bonchev–Trinajstić information content (AvgIpc) is 2.70. The third kappa shape index (κ3) is 2.84. The Labute approximate surface area is 103 Å². The number of thiophene rings is 1. The van der Waals surface area contributed by atoms with E-state index < -0.39 is 0 Å². The molecular formula is C13H22N2S. The highest BCUT2D eigenvalue weighted by Crippen LogP contribution is 2.20. The summed E-state index contributed by atoms with van der Waals surface area (Å²) in [6.07, 6.45) is 1.23. The molecule has 16 heavy (non-hydrogen) atoms. The van der Waals surface area contributed by atoms with Gasteiger partial charge in [0, 0.05) is 31.2 Å². The van der Waals surface area contributed by atoms with Crippen molar-refractivity contribution in [2.24, 2.45) is 0 Å². The minimum absolute atomic E-state index is 0.252. The van der Waals surface area contributed by atoms with Crippen molar-refractivity contribution in [3.05, 3.63) is 22.4 Å². The highest BCUT2D eigenvalue weighted by molar-refractivity contribution is 7.07. The minimum Gasteiger partial charge on any atom is -0.309 e. The van der Waals surface area contributed by atoms with Gasteiger partial charge in [-0.2, -0.15) is 11.3 Å². The van der Waals surface area contributed by atoms with Crippen molar-refractivity contribution < 1.29 is 0 Å². The zero-order chi connectivity index (χ0) is 11.6. The lowest BCUT2D eigenvalue weighted by Gasteiger charge is -2.44. The predicted octanol–water partition coefficient (Wildman–Crippen LogP) is 2.71. The number of hydrogen-bond acceptors (Lipinski definition) is 3. The molecule has 1 aliphatic heterocycles. The van der Waals surface area contributed by atoms with Crippen molar-refractivity contribution >= 4 is 11.3 Å². The molecule has 90 valence electrons. The van der Waals surface area contributed by atoms with E-state index in [0.717, 1.165) is 19.6 Å². The number of hydrogen-bond donors (Lipinski definition) is 1. The van der Waals surface area contributed by atoms with Gasteiger partial charge in [0.05, 0.1) is 0 Å². The number of nitrogens with zero attached hydrogens (tertiary/aromatic N) is 1. The van der Waals surface area contributed by atoms with E-state index in [1.807, 2.05) is 0 Å². The molecule has 3 heteroatoms. The van der Waals surface area contributed by atoms with E-state index in [9.17, 15) is 0 Å². The SMILES string of the molecule is CCC1CNC(C)(C)CN1Cc1ccsc1. The average molecular weight is 238 g/mol. The molecule has 1 aliphatic rings. The molecule has 1 fully saturated rings. The Morgan fingerprint density at radius 3 is 3.00 bits per heavy atom. The second-order valence-electron chi connectivity index (χ2n) is 5.36. The van der Waals surface area contributed by atoms with Crippen LogP contribution in [-0.2, 0) is 6.54 Å². The van der Waals surface area contributed by atoms with Gasteiger partial charge in [-0.05, 0) is 42.7 Å². The monoisotopic (exact) mass is 238 g/mol. The van der Waals surface area contributed by atoms with Crippen LogP contribution >= 0.6 is 11.3 Å². The lowest BCUT2D eigenvalue weighted by atomic mass is 9.97. The smallest absolute Gasteiger partial charge is 0.0253 e. The van der Waals surface area contributed by atoms with Gasteiger partial charge in [0.25, 0.3) is 0 Å². The summed E-state index contributed by atoms with van der Waals surface area (Å²) >= 11 is 1.79. The first-order valence-electron chi connectivity index (χ1n) is 6.11. The molecule has 0 bridgehead atoms.